The fourth-order valence-corrected chi connectivity index (χ4v) is 3.85. The second-order valence-corrected chi connectivity index (χ2v) is 6.69. The van der Waals surface area contributed by atoms with E-state index in [2.05, 4.69) is 96.3 Å². The van der Waals surface area contributed by atoms with Crippen LogP contribution in [0.4, 0.5) is 11.4 Å². The fourth-order valence-electron chi connectivity index (χ4n) is 3.85. The van der Waals surface area contributed by atoms with Gasteiger partial charge in [0.1, 0.15) is 5.75 Å². The zero-order valence-electron chi connectivity index (χ0n) is 15.1. The van der Waals surface area contributed by atoms with Crippen molar-refractivity contribution in [2.24, 2.45) is 0 Å². The van der Waals surface area contributed by atoms with E-state index in [-0.39, 0.29) is 0 Å². The Bertz CT molecular complexity index is 1230. The second kappa shape index (κ2) is 6.33. The number of benzene rings is 5. The van der Waals surface area contributed by atoms with E-state index in [1.807, 2.05) is 0 Å². The molecule has 0 aliphatic heterocycles. The predicted octanol–water partition coefficient (Wildman–Crippen LogP) is 6.90. The summed E-state index contributed by atoms with van der Waals surface area (Å²) in [4.78, 5) is 0. The van der Waals surface area contributed by atoms with Crippen LogP contribution in [0.25, 0.3) is 32.3 Å². The normalized spacial score (nSPS) is 11.1. The number of ether oxygens (including phenoxy) is 1. The Hall–Kier alpha value is -3.52. The van der Waals surface area contributed by atoms with Gasteiger partial charge in [-0.15, -0.1) is 0 Å². The Labute approximate surface area is 158 Å². The van der Waals surface area contributed by atoms with Gasteiger partial charge in [-0.3, -0.25) is 0 Å². The van der Waals surface area contributed by atoms with E-state index in [0.717, 1.165) is 38.7 Å². The van der Waals surface area contributed by atoms with Crippen LogP contribution in [0.5, 0.6) is 5.75 Å². The Balaban J connectivity index is 1.77. The van der Waals surface area contributed by atoms with Crippen LogP contribution in [0.3, 0.4) is 0 Å². The Kier molecular flexibility index (Phi) is 3.68. The molecule has 0 spiro atoms. The van der Waals surface area contributed by atoms with Gasteiger partial charge in [-0.05, 0) is 22.9 Å². The molecule has 0 unspecified atom stereocenters. The predicted molar refractivity (Wildman–Crippen MR) is 115 cm³/mol. The van der Waals surface area contributed by atoms with Crippen LogP contribution < -0.4 is 10.1 Å². The summed E-state index contributed by atoms with van der Waals surface area (Å²) in [6.07, 6.45) is 0. The summed E-state index contributed by atoms with van der Waals surface area (Å²) in [5.41, 5.74) is 2.19. The van der Waals surface area contributed by atoms with Gasteiger partial charge in [-0.2, -0.15) is 0 Å². The Morgan fingerprint density at radius 3 is 1.78 bits per heavy atom. The third kappa shape index (κ3) is 2.58. The van der Waals surface area contributed by atoms with Crippen molar-refractivity contribution in [1.82, 2.24) is 0 Å². The molecular weight excluding hydrogens is 330 g/mol. The third-order valence-electron chi connectivity index (χ3n) is 5.10. The van der Waals surface area contributed by atoms with Crippen LogP contribution in [0, 0.1) is 0 Å². The number of fused-ring (bicyclic) bond motifs is 3. The first-order valence-electron chi connectivity index (χ1n) is 9.08. The van der Waals surface area contributed by atoms with Crippen LogP contribution in [-0.2, 0) is 0 Å². The van der Waals surface area contributed by atoms with Gasteiger partial charge in [0, 0.05) is 27.2 Å². The van der Waals surface area contributed by atoms with Gasteiger partial charge in [0.25, 0.3) is 0 Å². The third-order valence-corrected chi connectivity index (χ3v) is 5.10. The van der Waals surface area contributed by atoms with E-state index in [0.29, 0.717) is 0 Å². The van der Waals surface area contributed by atoms with Crippen molar-refractivity contribution in [2.45, 2.75) is 0 Å². The van der Waals surface area contributed by atoms with E-state index in [4.69, 9.17) is 4.74 Å². The molecule has 2 heteroatoms. The van der Waals surface area contributed by atoms with Crippen molar-refractivity contribution in [3.05, 3.63) is 91.0 Å². The largest absolute Gasteiger partial charge is 0.495 e. The quantitative estimate of drug-likeness (QED) is 0.358. The molecule has 5 aromatic rings. The zero-order chi connectivity index (χ0) is 18.2. The summed E-state index contributed by atoms with van der Waals surface area (Å²) >= 11 is 0. The molecule has 0 saturated heterocycles. The van der Waals surface area contributed by atoms with Crippen molar-refractivity contribution in [3.63, 3.8) is 0 Å². The second-order valence-electron chi connectivity index (χ2n) is 6.69. The average Bonchev–Trinajstić information content (AvgIpc) is 2.73. The van der Waals surface area contributed by atoms with E-state index >= 15 is 0 Å². The molecule has 0 fully saturated rings. The van der Waals surface area contributed by atoms with Crippen LogP contribution >= 0.6 is 0 Å². The van der Waals surface area contributed by atoms with Crippen molar-refractivity contribution in [2.75, 3.05) is 12.4 Å². The summed E-state index contributed by atoms with van der Waals surface area (Å²) in [5.74, 6) is 0.922. The first-order chi connectivity index (χ1) is 13.3. The SMILES string of the molecule is COc1c2ccccc2c(Nc2ccc3ccccc3c2)c2ccccc12. The molecule has 0 aliphatic rings. The van der Waals surface area contributed by atoms with Crippen molar-refractivity contribution in [1.29, 1.82) is 0 Å². The molecule has 0 bridgehead atoms. The lowest BCUT2D eigenvalue weighted by molar-refractivity contribution is 0.424. The minimum absolute atomic E-state index is 0.922. The maximum atomic E-state index is 5.78. The van der Waals surface area contributed by atoms with E-state index in [9.17, 15) is 0 Å². The summed E-state index contributed by atoms with van der Waals surface area (Å²) < 4.78 is 5.78. The lowest BCUT2D eigenvalue weighted by atomic mass is 9.99. The minimum atomic E-state index is 0.922. The summed E-state index contributed by atoms with van der Waals surface area (Å²) in [6.45, 7) is 0. The van der Waals surface area contributed by atoms with Crippen molar-refractivity contribution >= 4 is 43.7 Å². The molecule has 0 heterocycles. The highest BCUT2D eigenvalue weighted by Gasteiger charge is 2.14. The standard InChI is InChI=1S/C25H19NO/c1-27-25-22-12-6-4-10-20(22)24(21-11-5-7-13-23(21)25)26-19-15-14-17-8-2-3-9-18(17)16-19/h2-16,26H,1H3. The number of anilines is 2. The lowest BCUT2D eigenvalue weighted by Crippen LogP contribution is -1.96. The molecule has 0 amide bonds. The maximum Gasteiger partial charge on any atom is 0.134 e. The Morgan fingerprint density at radius 1 is 0.593 bits per heavy atom. The summed E-state index contributed by atoms with van der Waals surface area (Å²) in [6, 6.07) is 31.7. The molecule has 0 saturated carbocycles. The van der Waals surface area contributed by atoms with Gasteiger partial charge in [-0.25, -0.2) is 0 Å². The molecule has 5 aromatic carbocycles. The fraction of sp³-hybridized carbons (Fsp3) is 0.0400. The average molecular weight is 349 g/mol. The van der Waals surface area contributed by atoms with Crippen LogP contribution in [0.2, 0.25) is 0 Å². The number of rotatable bonds is 3. The van der Waals surface area contributed by atoms with Gasteiger partial charge < -0.3 is 10.1 Å². The van der Waals surface area contributed by atoms with Gasteiger partial charge >= 0.3 is 0 Å². The highest BCUT2D eigenvalue weighted by Crippen LogP contribution is 2.42. The zero-order valence-corrected chi connectivity index (χ0v) is 15.1. The summed E-state index contributed by atoms with van der Waals surface area (Å²) in [7, 11) is 1.74. The van der Waals surface area contributed by atoms with Crippen LogP contribution in [-0.4, -0.2) is 7.11 Å². The van der Waals surface area contributed by atoms with E-state index in [1.54, 1.807) is 7.11 Å². The molecule has 0 aromatic heterocycles. The van der Waals surface area contributed by atoms with Crippen LogP contribution in [0.1, 0.15) is 0 Å². The highest BCUT2D eigenvalue weighted by molar-refractivity contribution is 6.16. The molecular formula is C25H19NO. The van der Waals surface area contributed by atoms with Crippen LogP contribution in [0.15, 0.2) is 91.0 Å². The number of hydrogen-bond donors (Lipinski definition) is 1. The molecule has 0 atom stereocenters. The number of methoxy groups -OCH3 is 1. The minimum Gasteiger partial charge on any atom is -0.495 e. The van der Waals surface area contributed by atoms with Crippen molar-refractivity contribution < 1.29 is 4.74 Å². The molecule has 0 radical (unpaired) electrons. The molecule has 130 valence electrons. The molecule has 2 nitrogen and oxygen atoms in total. The first kappa shape index (κ1) is 15.7. The van der Waals surface area contributed by atoms with Gasteiger partial charge in [-0.1, -0.05) is 78.9 Å². The highest BCUT2D eigenvalue weighted by atomic mass is 16.5. The maximum absolute atomic E-state index is 5.78. The van der Waals surface area contributed by atoms with E-state index < -0.39 is 0 Å². The number of hydrogen-bond acceptors (Lipinski definition) is 2. The lowest BCUT2D eigenvalue weighted by Gasteiger charge is -2.17. The van der Waals surface area contributed by atoms with Gasteiger partial charge in [0.15, 0.2) is 0 Å². The monoisotopic (exact) mass is 349 g/mol. The molecule has 27 heavy (non-hydrogen) atoms. The topological polar surface area (TPSA) is 21.3 Å². The number of nitrogens with one attached hydrogen (secondary N) is 1. The van der Waals surface area contributed by atoms with Gasteiger partial charge in [0.05, 0.1) is 12.8 Å². The van der Waals surface area contributed by atoms with Crippen molar-refractivity contribution in [3.8, 4) is 5.75 Å². The Morgan fingerprint density at radius 2 is 1.15 bits per heavy atom. The first-order valence-corrected chi connectivity index (χ1v) is 9.08. The summed E-state index contributed by atoms with van der Waals surface area (Å²) in [5, 5.41) is 10.7. The molecule has 1 N–H and O–H groups in total. The van der Waals surface area contributed by atoms with Gasteiger partial charge in [0.2, 0.25) is 0 Å². The van der Waals surface area contributed by atoms with E-state index in [1.165, 1.54) is 10.8 Å². The smallest absolute Gasteiger partial charge is 0.134 e. The molecule has 5 rings (SSSR count). The molecule has 0 aliphatic carbocycles.